The zero-order chi connectivity index (χ0) is 13.9. The minimum absolute atomic E-state index is 0.312. The van der Waals surface area contributed by atoms with Crippen LogP contribution in [0.2, 0.25) is 0 Å². The van der Waals surface area contributed by atoms with E-state index in [9.17, 15) is 5.11 Å². The molecule has 0 radical (unpaired) electrons. The quantitative estimate of drug-likeness (QED) is 0.876. The van der Waals surface area contributed by atoms with E-state index in [-0.39, 0.29) is 0 Å². The van der Waals surface area contributed by atoms with Crippen LogP contribution in [0.25, 0.3) is 0 Å². The zero-order valence-electron chi connectivity index (χ0n) is 12.2. The number of piperidine rings is 1. The van der Waals surface area contributed by atoms with E-state index in [1.54, 1.807) is 7.11 Å². The first-order valence-corrected chi connectivity index (χ1v) is 7.09. The summed E-state index contributed by atoms with van der Waals surface area (Å²) in [5.74, 6) is 1.18. The van der Waals surface area contributed by atoms with Gasteiger partial charge in [0, 0.05) is 18.9 Å². The average molecular weight is 263 g/mol. The molecule has 2 N–H and O–H groups in total. The summed E-state index contributed by atoms with van der Waals surface area (Å²) in [7, 11) is 1.69. The number of rotatable bonds is 4. The first kappa shape index (κ1) is 14.4. The number of aliphatic hydroxyl groups is 1. The third kappa shape index (κ3) is 3.48. The fraction of sp³-hybridized carbons (Fsp3) is 0.625. The van der Waals surface area contributed by atoms with E-state index in [2.05, 4.69) is 18.3 Å². The van der Waals surface area contributed by atoms with Crippen molar-refractivity contribution >= 4 is 0 Å². The molecule has 3 heteroatoms. The van der Waals surface area contributed by atoms with E-state index in [0.717, 1.165) is 37.2 Å². The highest BCUT2D eigenvalue weighted by Gasteiger charge is 2.33. The molecule has 1 saturated heterocycles. The fourth-order valence-electron chi connectivity index (χ4n) is 2.96. The lowest BCUT2D eigenvalue weighted by molar-refractivity contribution is -0.0106. The Balaban J connectivity index is 2.16. The zero-order valence-corrected chi connectivity index (χ0v) is 12.2. The van der Waals surface area contributed by atoms with Crippen molar-refractivity contribution in [2.75, 3.05) is 20.2 Å². The summed E-state index contributed by atoms with van der Waals surface area (Å²) >= 11 is 0. The minimum atomic E-state index is -0.686. The number of methoxy groups -OCH3 is 1. The van der Waals surface area contributed by atoms with E-state index in [4.69, 9.17) is 4.74 Å². The molecule has 0 spiro atoms. The van der Waals surface area contributed by atoms with Crippen molar-refractivity contribution in [3.63, 3.8) is 0 Å². The highest BCUT2D eigenvalue weighted by Crippen LogP contribution is 2.31. The minimum Gasteiger partial charge on any atom is -0.496 e. The topological polar surface area (TPSA) is 41.5 Å². The molecule has 1 aliphatic heterocycles. The molecule has 2 atom stereocenters. The Morgan fingerprint density at radius 1 is 1.47 bits per heavy atom. The third-order valence-electron chi connectivity index (χ3n) is 4.16. The van der Waals surface area contributed by atoms with Crippen molar-refractivity contribution in [1.82, 2.24) is 5.32 Å². The average Bonchev–Trinajstić information content (AvgIpc) is 2.39. The van der Waals surface area contributed by atoms with Crippen molar-refractivity contribution < 1.29 is 9.84 Å². The van der Waals surface area contributed by atoms with Gasteiger partial charge in [0.2, 0.25) is 0 Å². The Hall–Kier alpha value is -1.06. The number of aryl methyl sites for hydroxylation is 1. The predicted octanol–water partition coefficient (Wildman–Crippen LogP) is 2.30. The summed E-state index contributed by atoms with van der Waals surface area (Å²) in [5.41, 5.74) is 1.61. The van der Waals surface area contributed by atoms with Crippen molar-refractivity contribution in [2.45, 2.75) is 38.7 Å². The van der Waals surface area contributed by atoms with Gasteiger partial charge in [-0.05, 0) is 44.9 Å². The van der Waals surface area contributed by atoms with Crippen molar-refractivity contribution in [2.24, 2.45) is 5.92 Å². The lowest BCUT2D eigenvalue weighted by atomic mass is 9.79. The molecule has 1 aromatic rings. The van der Waals surface area contributed by atoms with E-state index in [0.29, 0.717) is 12.3 Å². The van der Waals surface area contributed by atoms with Crippen molar-refractivity contribution in [3.8, 4) is 5.75 Å². The first-order valence-electron chi connectivity index (χ1n) is 7.09. The molecule has 2 unspecified atom stereocenters. The van der Waals surface area contributed by atoms with E-state index < -0.39 is 5.60 Å². The molecule has 19 heavy (non-hydrogen) atoms. The third-order valence-corrected chi connectivity index (χ3v) is 4.16. The van der Waals surface area contributed by atoms with Gasteiger partial charge >= 0.3 is 0 Å². The molecule has 0 aromatic heterocycles. The van der Waals surface area contributed by atoms with Crippen LogP contribution in [-0.4, -0.2) is 30.9 Å². The maximum atomic E-state index is 10.8. The predicted molar refractivity (Wildman–Crippen MR) is 77.7 cm³/mol. The van der Waals surface area contributed by atoms with Crippen LogP contribution in [0.3, 0.4) is 0 Å². The van der Waals surface area contributed by atoms with Crippen LogP contribution in [0, 0.1) is 12.8 Å². The molecule has 106 valence electrons. The fourth-order valence-corrected chi connectivity index (χ4v) is 2.96. The molecule has 0 amide bonds. The highest BCUT2D eigenvalue weighted by molar-refractivity contribution is 5.37. The largest absolute Gasteiger partial charge is 0.496 e. The maximum Gasteiger partial charge on any atom is 0.122 e. The van der Waals surface area contributed by atoms with Gasteiger partial charge in [0.1, 0.15) is 5.75 Å². The summed E-state index contributed by atoms with van der Waals surface area (Å²) in [6, 6.07) is 6.14. The maximum absolute atomic E-state index is 10.8. The Bertz CT molecular complexity index is 423. The van der Waals surface area contributed by atoms with Gasteiger partial charge in [-0.25, -0.2) is 0 Å². The van der Waals surface area contributed by atoms with Crippen LogP contribution in [-0.2, 0) is 6.42 Å². The van der Waals surface area contributed by atoms with E-state index >= 15 is 0 Å². The molecule has 0 aliphatic carbocycles. The van der Waals surface area contributed by atoms with Gasteiger partial charge in [-0.3, -0.25) is 0 Å². The second-order valence-corrected chi connectivity index (χ2v) is 5.89. The van der Waals surface area contributed by atoms with E-state index in [1.165, 1.54) is 5.56 Å². The van der Waals surface area contributed by atoms with Crippen molar-refractivity contribution in [3.05, 3.63) is 29.3 Å². The van der Waals surface area contributed by atoms with Crippen LogP contribution in [0.4, 0.5) is 0 Å². The van der Waals surface area contributed by atoms with Crippen LogP contribution in [0.15, 0.2) is 18.2 Å². The van der Waals surface area contributed by atoms with Crippen LogP contribution >= 0.6 is 0 Å². The van der Waals surface area contributed by atoms with Gasteiger partial charge in [-0.2, -0.15) is 0 Å². The van der Waals surface area contributed by atoms with Gasteiger partial charge < -0.3 is 15.2 Å². The molecule has 1 aliphatic rings. The molecule has 0 saturated carbocycles. The van der Waals surface area contributed by atoms with Gasteiger partial charge in [0.25, 0.3) is 0 Å². The molecule has 2 rings (SSSR count). The Kier molecular flexibility index (Phi) is 4.48. The summed E-state index contributed by atoms with van der Waals surface area (Å²) in [6.07, 6.45) is 2.88. The Morgan fingerprint density at radius 2 is 2.26 bits per heavy atom. The SMILES string of the molecule is COc1ccc(C)cc1CC(C)(O)C1CCCNC1. The first-order chi connectivity index (χ1) is 9.03. The number of hydrogen-bond acceptors (Lipinski definition) is 3. The summed E-state index contributed by atoms with van der Waals surface area (Å²) in [4.78, 5) is 0. The number of benzene rings is 1. The summed E-state index contributed by atoms with van der Waals surface area (Å²) in [6.45, 7) is 5.99. The molecular formula is C16H25NO2. The molecule has 0 bridgehead atoms. The van der Waals surface area contributed by atoms with E-state index in [1.807, 2.05) is 19.1 Å². The van der Waals surface area contributed by atoms with Gasteiger partial charge in [-0.15, -0.1) is 0 Å². The Morgan fingerprint density at radius 3 is 2.89 bits per heavy atom. The molecule has 1 fully saturated rings. The van der Waals surface area contributed by atoms with Crippen LogP contribution < -0.4 is 10.1 Å². The van der Waals surface area contributed by atoms with Crippen LogP contribution in [0.5, 0.6) is 5.75 Å². The second-order valence-electron chi connectivity index (χ2n) is 5.89. The smallest absolute Gasteiger partial charge is 0.122 e. The molecule has 3 nitrogen and oxygen atoms in total. The lowest BCUT2D eigenvalue weighted by Gasteiger charge is -2.36. The number of nitrogens with one attached hydrogen (secondary N) is 1. The molecule has 1 aromatic carbocycles. The second kappa shape index (κ2) is 5.93. The summed E-state index contributed by atoms with van der Waals surface area (Å²) in [5, 5.41) is 14.2. The molecule has 1 heterocycles. The number of ether oxygens (including phenoxy) is 1. The van der Waals surface area contributed by atoms with Gasteiger partial charge in [0.05, 0.1) is 12.7 Å². The lowest BCUT2D eigenvalue weighted by Crippen LogP contribution is -2.45. The number of hydrogen-bond donors (Lipinski definition) is 2. The van der Waals surface area contributed by atoms with Gasteiger partial charge in [0.15, 0.2) is 0 Å². The summed E-state index contributed by atoms with van der Waals surface area (Å²) < 4.78 is 5.41. The molecular weight excluding hydrogens is 238 g/mol. The highest BCUT2D eigenvalue weighted by atomic mass is 16.5. The van der Waals surface area contributed by atoms with Crippen molar-refractivity contribution in [1.29, 1.82) is 0 Å². The monoisotopic (exact) mass is 263 g/mol. The van der Waals surface area contributed by atoms with Gasteiger partial charge in [-0.1, -0.05) is 17.7 Å². The standard InChI is InChI=1S/C16H25NO2/c1-12-6-7-15(19-3)13(9-12)10-16(2,18)14-5-4-8-17-11-14/h6-7,9,14,17-18H,4-5,8,10-11H2,1-3H3. The van der Waals surface area contributed by atoms with Crippen LogP contribution in [0.1, 0.15) is 30.9 Å². The Labute approximate surface area is 116 Å². The normalized spacial score (nSPS) is 22.8.